The molecule has 20 heavy (non-hydrogen) atoms. The van der Waals surface area contributed by atoms with Crippen LogP contribution in [0.1, 0.15) is 23.7 Å². The minimum absolute atomic E-state index is 0.0524. The Morgan fingerprint density at radius 2 is 2.20 bits per heavy atom. The molecular weight excluding hydrogens is 324 g/mol. The molecule has 0 bridgehead atoms. The number of halogens is 1. The second-order valence-electron chi connectivity index (χ2n) is 4.16. The molecule has 2 N–H and O–H groups in total. The zero-order valence-corrected chi connectivity index (χ0v) is 12.8. The van der Waals surface area contributed by atoms with Crippen molar-refractivity contribution in [3.05, 3.63) is 40.9 Å². The van der Waals surface area contributed by atoms with Gasteiger partial charge in [0.15, 0.2) is 0 Å². The smallest absolute Gasteiger partial charge is 0.337 e. The lowest BCUT2D eigenvalue weighted by atomic mass is 10.2. The summed E-state index contributed by atoms with van der Waals surface area (Å²) in [6.45, 7) is 6.56. The van der Waals surface area contributed by atoms with E-state index in [9.17, 15) is 9.59 Å². The van der Waals surface area contributed by atoms with Crippen molar-refractivity contribution in [2.24, 2.45) is 0 Å². The number of urea groups is 1. The number of hydrogen-bond donors (Lipinski definition) is 2. The van der Waals surface area contributed by atoms with Gasteiger partial charge in [-0.05, 0) is 24.6 Å². The van der Waals surface area contributed by atoms with E-state index in [1.165, 1.54) is 6.07 Å². The maximum Gasteiger partial charge on any atom is 0.337 e. The first-order valence-electron chi connectivity index (χ1n) is 6.19. The van der Waals surface area contributed by atoms with Crippen molar-refractivity contribution in [3.8, 4) is 0 Å². The maximum atomic E-state index is 12.1. The van der Waals surface area contributed by atoms with E-state index in [1.54, 1.807) is 23.1 Å². The van der Waals surface area contributed by atoms with Crippen molar-refractivity contribution >= 4 is 33.6 Å². The summed E-state index contributed by atoms with van der Waals surface area (Å²) in [7, 11) is 0. The molecule has 0 aliphatic carbocycles. The van der Waals surface area contributed by atoms with Gasteiger partial charge in [-0.3, -0.25) is 0 Å². The van der Waals surface area contributed by atoms with E-state index >= 15 is 0 Å². The quantitative estimate of drug-likeness (QED) is 0.777. The standard InChI is InChI=1S/C14H17BrN2O3/c1-3-7-17(8-4-2)14(20)16-12-9-10(15)5-6-11(12)13(18)19/h3,5-6,9H,1,4,7-8H2,2H3,(H,16,20)(H,18,19). The first kappa shape index (κ1) is 16.2. The molecule has 5 nitrogen and oxygen atoms in total. The SMILES string of the molecule is C=CCN(CCC)C(=O)Nc1cc(Br)ccc1C(=O)O. The van der Waals surface area contributed by atoms with Crippen molar-refractivity contribution in [2.75, 3.05) is 18.4 Å². The number of hydrogen-bond acceptors (Lipinski definition) is 2. The topological polar surface area (TPSA) is 69.6 Å². The minimum Gasteiger partial charge on any atom is -0.478 e. The van der Waals surface area contributed by atoms with Crippen molar-refractivity contribution in [3.63, 3.8) is 0 Å². The summed E-state index contributed by atoms with van der Waals surface area (Å²) in [6.07, 6.45) is 2.44. The zero-order chi connectivity index (χ0) is 15.1. The van der Waals surface area contributed by atoms with Crippen LogP contribution in [0.15, 0.2) is 35.3 Å². The largest absolute Gasteiger partial charge is 0.478 e. The predicted molar refractivity (Wildman–Crippen MR) is 82.2 cm³/mol. The summed E-state index contributed by atoms with van der Waals surface area (Å²) in [6, 6.07) is 4.29. The van der Waals surface area contributed by atoms with Gasteiger partial charge in [-0.25, -0.2) is 9.59 Å². The molecule has 0 aromatic heterocycles. The van der Waals surface area contributed by atoms with Gasteiger partial charge < -0.3 is 15.3 Å². The molecule has 0 spiro atoms. The van der Waals surface area contributed by atoms with Gasteiger partial charge in [-0.15, -0.1) is 6.58 Å². The fraction of sp³-hybridized carbons (Fsp3) is 0.286. The number of carboxylic acid groups (broad SMARTS) is 1. The van der Waals surface area contributed by atoms with Crippen LogP contribution in [-0.4, -0.2) is 35.1 Å². The Hall–Kier alpha value is -1.82. The van der Waals surface area contributed by atoms with E-state index in [1.807, 2.05) is 6.92 Å². The highest BCUT2D eigenvalue weighted by atomic mass is 79.9. The van der Waals surface area contributed by atoms with Crippen LogP contribution in [0.3, 0.4) is 0 Å². The summed E-state index contributed by atoms with van der Waals surface area (Å²) in [5.41, 5.74) is 0.318. The third kappa shape index (κ3) is 4.38. The fourth-order valence-corrected chi connectivity index (χ4v) is 2.06. The number of nitrogens with one attached hydrogen (secondary N) is 1. The van der Waals surface area contributed by atoms with Gasteiger partial charge >= 0.3 is 12.0 Å². The highest BCUT2D eigenvalue weighted by Crippen LogP contribution is 2.22. The third-order valence-corrected chi connectivity index (χ3v) is 3.08. The number of carbonyl (C=O) groups is 2. The molecule has 0 radical (unpaired) electrons. The Bertz CT molecular complexity index is 517. The van der Waals surface area contributed by atoms with E-state index in [-0.39, 0.29) is 17.3 Å². The summed E-state index contributed by atoms with van der Waals surface area (Å²) < 4.78 is 0.698. The Balaban J connectivity index is 2.96. The van der Waals surface area contributed by atoms with Crippen LogP contribution in [0, 0.1) is 0 Å². The van der Waals surface area contributed by atoms with Crippen LogP contribution in [0.2, 0.25) is 0 Å². The van der Waals surface area contributed by atoms with Crippen LogP contribution >= 0.6 is 15.9 Å². The first-order chi connectivity index (χ1) is 9.49. The average molecular weight is 341 g/mol. The van der Waals surface area contributed by atoms with Gasteiger partial charge in [0, 0.05) is 17.6 Å². The molecule has 0 heterocycles. The molecule has 0 fully saturated rings. The highest BCUT2D eigenvalue weighted by molar-refractivity contribution is 9.10. The third-order valence-electron chi connectivity index (χ3n) is 2.58. The van der Waals surface area contributed by atoms with Crippen LogP contribution in [0.25, 0.3) is 0 Å². The van der Waals surface area contributed by atoms with Crippen molar-refractivity contribution < 1.29 is 14.7 Å². The molecule has 0 saturated heterocycles. The minimum atomic E-state index is -1.08. The summed E-state index contributed by atoms with van der Waals surface area (Å²) in [4.78, 5) is 24.8. The summed E-state index contributed by atoms with van der Waals surface area (Å²) in [5, 5.41) is 11.7. The number of rotatable bonds is 6. The van der Waals surface area contributed by atoms with Crippen LogP contribution in [0.4, 0.5) is 10.5 Å². The van der Waals surface area contributed by atoms with Gasteiger partial charge in [0.25, 0.3) is 0 Å². The molecule has 0 atom stereocenters. The summed E-state index contributed by atoms with van der Waals surface area (Å²) in [5.74, 6) is -1.08. The lowest BCUT2D eigenvalue weighted by Gasteiger charge is -2.21. The number of nitrogens with zero attached hydrogens (tertiary/aromatic N) is 1. The molecule has 0 unspecified atom stereocenters. The molecule has 1 rings (SSSR count). The fourth-order valence-electron chi connectivity index (χ4n) is 1.70. The van der Waals surface area contributed by atoms with Crippen LogP contribution < -0.4 is 5.32 Å². The lowest BCUT2D eigenvalue weighted by molar-refractivity contribution is 0.0698. The molecule has 108 valence electrons. The normalized spacial score (nSPS) is 9.90. The van der Waals surface area contributed by atoms with Gasteiger partial charge in [-0.1, -0.05) is 28.9 Å². The Morgan fingerprint density at radius 1 is 1.50 bits per heavy atom. The van der Waals surface area contributed by atoms with Crippen LogP contribution in [-0.2, 0) is 0 Å². The van der Waals surface area contributed by atoms with Gasteiger partial charge in [0.1, 0.15) is 0 Å². The molecule has 0 aliphatic rings. The van der Waals surface area contributed by atoms with Gasteiger partial charge in [0.2, 0.25) is 0 Å². The van der Waals surface area contributed by atoms with Gasteiger partial charge in [0.05, 0.1) is 11.3 Å². The zero-order valence-electron chi connectivity index (χ0n) is 11.2. The number of carbonyl (C=O) groups excluding carboxylic acids is 1. The van der Waals surface area contributed by atoms with E-state index < -0.39 is 5.97 Å². The lowest BCUT2D eigenvalue weighted by Crippen LogP contribution is -2.36. The Morgan fingerprint density at radius 3 is 2.75 bits per heavy atom. The van der Waals surface area contributed by atoms with E-state index in [2.05, 4.69) is 27.8 Å². The number of benzene rings is 1. The second-order valence-corrected chi connectivity index (χ2v) is 5.08. The first-order valence-corrected chi connectivity index (χ1v) is 6.98. The van der Waals surface area contributed by atoms with Gasteiger partial charge in [-0.2, -0.15) is 0 Å². The predicted octanol–water partition coefficient (Wildman–Crippen LogP) is 3.58. The maximum absolute atomic E-state index is 12.1. The monoisotopic (exact) mass is 340 g/mol. The van der Waals surface area contributed by atoms with Crippen LogP contribution in [0.5, 0.6) is 0 Å². The van der Waals surface area contributed by atoms with E-state index in [0.717, 1.165) is 6.42 Å². The molecular formula is C14H17BrN2O3. The molecule has 0 aliphatic heterocycles. The number of carboxylic acids is 1. The number of amides is 2. The Kier molecular flexibility index (Phi) is 6.24. The molecule has 2 amide bonds. The molecule has 1 aromatic rings. The van der Waals surface area contributed by atoms with Crippen molar-refractivity contribution in [1.82, 2.24) is 4.90 Å². The molecule has 0 saturated carbocycles. The second kappa shape index (κ2) is 7.69. The highest BCUT2D eigenvalue weighted by Gasteiger charge is 2.16. The van der Waals surface area contributed by atoms with Crippen molar-refractivity contribution in [1.29, 1.82) is 0 Å². The molecule has 1 aromatic carbocycles. The average Bonchev–Trinajstić information content (AvgIpc) is 2.38. The molecule has 6 heteroatoms. The number of anilines is 1. The summed E-state index contributed by atoms with van der Waals surface area (Å²) >= 11 is 3.26. The number of aromatic carboxylic acids is 1. The van der Waals surface area contributed by atoms with E-state index in [4.69, 9.17) is 5.11 Å². The Labute approximate surface area is 126 Å². The van der Waals surface area contributed by atoms with E-state index in [0.29, 0.717) is 17.6 Å². The van der Waals surface area contributed by atoms with Crippen molar-refractivity contribution in [2.45, 2.75) is 13.3 Å².